The zero-order valence-corrected chi connectivity index (χ0v) is 21.2. The smallest absolute Gasteiger partial charge is 0.335 e. The Morgan fingerprint density at radius 1 is 1.00 bits per heavy atom. The molecule has 6 nitrogen and oxygen atoms in total. The molecule has 3 rings (SSSR count). The lowest BCUT2D eigenvalue weighted by Gasteiger charge is -2.18. The quantitative estimate of drug-likeness (QED) is 0.293. The van der Waals surface area contributed by atoms with Gasteiger partial charge in [0.15, 0.2) is 6.10 Å². The maximum Gasteiger partial charge on any atom is 0.335 e. The molecule has 1 aromatic heterocycles. The first-order valence-electron chi connectivity index (χ1n) is 11.7. The predicted octanol–water partition coefficient (Wildman–Crippen LogP) is 5.65. The molecule has 0 spiro atoms. The fourth-order valence-corrected chi connectivity index (χ4v) is 4.52. The Morgan fingerprint density at radius 2 is 1.79 bits per heavy atom. The van der Waals surface area contributed by atoms with Crippen LogP contribution >= 0.6 is 11.3 Å². The first-order chi connectivity index (χ1) is 16.5. The number of rotatable bonds is 13. The van der Waals surface area contributed by atoms with Gasteiger partial charge in [0.25, 0.3) is 0 Å². The van der Waals surface area contributed by atoms with Crippen LogP contribution in [0.25, 0.3) is 10.6 Å². The van der Waals surface area contributed by atoms with Crippen molar-refractivity contribution in [1.82, 2.24) is 4.98 Å². The van der Waals surface area contributed by atoms with Crippen molar-refractivity contribution >= 4 is 17.3 Å². The van der Waals surface area contributed by atoms with Crippen molar-refractivity contribution in [3.8, 4) is 22.1 Å². The van der Waals surface area contributed by atoms with Crippen LogP contribution in [0.2, 0.25) is 0 Å². The second-order valence-corrected chi connectivity index (χ2v) is 8.79. The Morgan fingerprint density at radius 3 is 2.50 bits per heavy atom. The molecule has 7 heteroatoms. The number of hydrogen-bond donors (Lipinski definition) is 0. The van der Waals surface area contributed by atoms with E-state index in [-0.39, 0.29) is 5.97 Å². The number of aryl methyl sites for hydroxylation is 1. The van der Waals surface area contributed by atoms with E-state index in [0.717, 1.165) is 28.2 Å². The van der Waals surface area contributed by atoms with Gasteiger partial charge in [-0.1, -0.05) is 36.4 Å². The number of hydrogen-bond acceptors (Lipinski definition) is 7. The van der Waals surface area contributed by atoms with Crippen LogP contribution in [-0.4, -0.2) is 43.5 Å². The van der Waals surface area contributed by atoms with Crippen molar-refractivity contribution in [2.75, 3.05) is 26.4 Å². The summed E-state index contributed by atoms with van der Waals surface area (Å²) in [7, 11) is 0. The largest absolute Gasteiger partial charge is 0.493 e. The molecule has 0 radical (unpaired) electrons. The van der Waals surface area contributed by atoms with Gasteiger partial charge in [0.05, 0.1) is 25.5 Å². The lowest BCUT2D eigenvalue weighted by Crippen LogP contribution is -2.29. The Bertz CT molecular complexity index is 1050. The minimum Gasteiger partial charge on any atom is -0.493 e. The van der Waals surface area contributed by atoms with Gasteiger partial charge < -0.3 is 18.9 Å². The normalized spacial score (nSPS) is 11.8. The molecule has 0 saturated heterocycles. The molecule has 0 fully saturated rings. The van der Waals surface area contributed by atoms with E-state index >= 15 is 0 Å². The maximum atomic E-state index is 12.3. The molecule has 182 valence electrons. The summed E-state index contributed by atoms with van der Waals surface area (Å²) in [6, 6.07) is 15.9. The Labute approximate surface area is 205 Å². The van der Waals surface area contributed by atoms with Crippen LogP contribution in [0.4, 0.5) is 0 Å². The standard InChI is InChI=1S/C27H33NO5S/c1-5-30-24-18-22(14-13-21(24)17-25(31-6-2)27(29)32-7-3)33-16-15-23-19(4)34-26(28-23)20-11-9-8-10-12-20/h8-14,18,25H,5-7,15-17H2,1-4H3. The van der Waals surface area contributed by atoms with E-state index in [4.69, 9.17) is 23.9 Å². The van der Waals surface area contributed by atoms with Crippen LogP contribution in [0.1, 0.15) is 36.9 Å². The fourth-order valence-electron chi connectivity index (χ4n) is 3.56. The van der Waals surface area contributed by atoms with Gasteiger partial charge in [-0.15, -0.1) is 11.3 Å². The summed E-state index contributed by atoms with van der Waals surface area (Å²) in [5, 5.41) is 1.03. The second-order valence-electron chi connectivity index (χ2n) is 7.59. The second kappa shape index (κ2) is 13.1. The summed E-state index contributed by atoms with van der Waals surface area (Å²) in [4.78, 5) is 18.3. The third-order valence-corrected chi connectivity index (χ3v) is 6.24. The molecule has 3 aromatic rings. The molecule has 0 saturated carbocycles. The summed E-state index contributed by atoms with van der Waals surface area (Å²) in [5.41, 5.74) is 3.07. The van der Waals surface area contributed by atoms with E-state index in [1.807, 2.05) is 50.2 Å². The van der Waals surface area contributed by atoms with E-state index in [1.165, 1.54) is 4.88 Å². The number of aromatic nitrogens is 1. The lowest BCUT2D eigenvalue weighted by molar-refractivity contribution is -0.156. The van der Waals surface area contributed by atoms with E-state index < -0.39 is 6.10 Å². The van der Waals surface area contributed by atoms with Crippen molar-refractivity contribution in [2.45, 2.75) is 46.6 Å². The van der Waals surface area contributed by atoms with Crippen LogP contribution in [0.3, 0.4) is 0 Å². The fraction of sp³-hybridized carbons (Fsp3) is 0.407. The highest BCUT2D eigenvalue weighted by atomic mass is 32.1. The average molecular weight is 484 g/mol. The number of carbonyl (C=O) groups excluding carboxylic acids is 1. The molecular formula is C27H33NO5S. The van der Waals surface area contributed by atoms with E-state index in [2.05, 4.69) is 19.1 Å². The summed E-state index contributed by atoms with van der Waals surface area (Å²) in [6.07, 6.45) is 0.431. The van der Waals surface area contributed by atoms with Gasteiger partial charge in [0, 0.05) is 36.0 Å². The number of ether oxygens (including phenoxy) is 4. The number of thiazole rings is 1. The van der Waals surface area contributed by atoms with Gasteiger partial charge in [-0.3, -0.25) is 0 Å². The third-order valence-electron chi connectivity index (χ3n) is 5.18. The molecule has 0 N–H and O–H groups in total. The highest BCUT2D eigenvalue weighted by Gasteiger charge is 2.22. The zero-order valence-electron chi connectivity index (χ0n) is 20.3. The van der Waals surface area contributed by atoms with Crippen molar-refractivity contribution in [3.05, 3.63) is 64.7 Å². The number of carbonyl (C=O) groups is 1. The topological polar surface area (TPSA) is 66.9 Å². The molecule has 34 heavy (non-hydrogen) atoms. The molecule has 0 aliphatic rings. The van der Waals surface area contributed by atoms with Crippen molar-refractivity contribution in [1.29, 1.82) is 0 Å². The van der Waals surface area contributed by atoms with Crippen LogP contribution in [0.15, 0.2) is 48.5 Å². The Balaban J connectivity index is 1.65. The van der Waals surface area contributed by atoms with Crippen LogP contribution in [0, 0.1) is 6.92 Å². The predicted molar refractivity (Wildman–Crippen MR) is 135 cm³/mol. The SMILES string of the molecule is CCOC(=O)C(Cc1ccc(OCCc2nc(-c3ccccc3)sc2C)cc1OCC)OCC. The summed E-state index contributed by atoms with van der Waals surface area (Å²) in [6.45, 7) is 9.44. The molecule has 1 heterocycles. The zero-order chi connectivity index (χ0) is 24.3. The highest BCUT2D eigenvalue weighted by Crippen LogP contribution is 2.29. The summed E-state index contributed by atoms with van der Waals surface area (Å²) in [5.74, 6) is 1.04. The minimum atomic E-state index is -0.664. The lowest BCUT2D eigenvalue weighted by atomic mass is 10.1. The molecule has 0 aliphatic carbocycles. The molecule has 2 aromatic carbocycles. The van der Waals surface area contributed by atoms with Gasteiger partial charge in [0.1, 0.15) is 16.5 Å². The summed E-state index contributed by atoms with van der Waals surface area (Å²) < 4.78 is 22.6. The number of esters is 1. The maximum absolute atomic E-state index is 12.3. The van der Waals surface area contributed by atoms with Gasteiger partial charge in [-0.2, -0.15) is 0 Å². The van der Waals surface area contributed by atoms with Crippen molar-refractivity contribution in [2.24, 2.45) is 0 Å². The van der Waals surface area contributed by atoms with Crippen LogP contribution < -0.4 is 9.47 Å². The van der Waals surface area contributed by atoms with Gasteiger partial charge >= 0.3 is 5.97 Å². The first kappa shape index (κ1) is 25.7. The molecule has 1 unspecified atom stereocenters. The Hall–Kier alpha value is -2.90. The number of benzene rings is 2. The monoisotopic (exact) mass is 483 g/mol. The third kappa shape index (κ3) is 7.05. The highest BCUT2D eigenvalue weighted by molar-refractivity contribution is 7.15. The van der Waals surface area contributed by atoms with E-state index in [0.29, 0.717) is 44.3 Å². The molecule has 0 aliphatic heterocycles. The Kier molecular flexibility index (Phi) is 9.91. The van der Waals surface area contributed by atoms with Gasteiger partial charge in [0.2, 0.25) is 0 Å². The van der Waals surface area contributed by atoms with Gasteiger partial charge in [-0.05, 0) is 39.3 Å². The molecule has 1 atom stereocenters. The van der Waals surface area contributed by atoms with Crippen LogP contribution in [-0.2, 0) is 27.1 Å². The van der Waals surface area contributed by atoms with Crippen molar-refractivity contribution in [3.63, 3.8) is 0 Å². The molecule has 0 amide bonds. The van der Waals surface area contributed by atoms with Gasteiger partial charge in [-0.25, -0.2) is 9.78 Å². The molecular weight excluding hydrogens is 450 g/mol. The number of nitrogens with zero attached hydrogens (tertiary/aromatic N) is 1. The average Bonchev–Trinajstić information content (AvgIpc) is 3.21. The summed E-state index contributed by atoms with van der Waals surface area (Å²) >= 11 is 1.70. The minimum absolute atomic E-state index is 0.318. The van der Waals surface area contributed by atoms with E-state index in [1.54, 1.807) is 18.3 Å². The molecule has 0 bridgehead atoms. The van der Waals surface area contributed by atoms with Crippen molar-refractivity contribution < 1.29 is 23.7 Å². The first-order valence-corrected chi connectivity index (χ1v) is 12.6. The van der Waals surface area contributed by atoms with E-state index in [9.17, 15) is 4.79 Å². The van der Waals surface area contributed by atoms with Crippen LogP contribution in [0.5, 0.6) is 11.5 Å².